The second kappa shape index (κ2) is 3.97. The molecule has 1 aliphatic heterocycles. The van der Waals surface area contributed by atoms with E-state index in [0.29, 0.717) is 5.41 Å². The van der Waals surface area contributed by atoms with Gasteiger partial charge in [0, 0.05) is 13.1 Å². The Morgan fingerprint density at radius 3 is 2.80 bits per heavy atom. The molecule has 0 saturated carbocycles. The predicted octanol–water partition coefficient (Wildman–Crippen LogP) is 3.06. The largest absolute Gasteiger partial charge is 0.312 e. The molecule has 0 amide bonds. The molecule has 0 saturated heterocycles. The smallest absolute Gasteiger partial charge is 0.0208 e. The number of hydrogen-bond acceptors (Lipinski definition) is 1. The number of hydrogen-bond donors (Lipinski definition) is 1. The van der Waals surface area contributed by atoms with E-state index >= 15 is 0 Å². The molecule has 15 heavy (non-hydrogen) atoms. The van der Waals surface area contributed by atoms with Gasteiger partial charge in [0.05, 0.1) is 0 Å². The van der Waals surface area contributed by atoms with Crippen molar-refractivity contribution >= 4 is 0 Å². The first-order valence-electron chi connectivity index (χ1n) is 5.86. The summed E-state index contributed by atoms with van der Waals surface area (Å²) in [6.45, 7) is 9.03. The summed E-state index contributed by atoms with van der Waals surface area (Å²) in [7, 11) is 0. The van der Waals surface area contributed by atoms with Crippen molar-refractivity contribution in [1.82, 2.24) is 5.32 Å². The lowest BCUT2D eigenvalue weighted by molar-refractivity contribution is 0.307. The van der Waals surface area contributed by atoms with Crippen LogP contribution in [0.15, 0.2) is 18.2 Å². The second-order valence-electron chi connectivity index (χ2n) is 5.54. The Labute approximate surface area is 92.9 Å². The van der Waals surface area contributed by atoms with Crippen LogP contribution in [0, 0.1) is 12.3 Å². The number of nitrogens with one attached hydrogen (secondary N) is 1. The fourth-order valence-corrected chi connectivity index (χ4v) is 2.26. The first kappa shape index (κ1) is 10.7. The Morgan fingerprint density at radius 2 is 2.00 bits per heavy atom. The van der Waals surface area contributed by atoms with Crippen LogP contribution in [0.1, 0.15) is 37.0 Å². The summed E-state index contributed by atoms with van der Waals surface area (Å²) in [6.07, 6.45) is 2.50. The molecule has 0 unspecified atom stereocenters. The molecular formula is C14H21N. The van der Waals surface area contributed by atoms with E-state index in [0.717, 1.165) is 13.1 Å². The molecule has 0 bridgehead atoms. The van der Waals surface area contributed by atoms with Gasteiger partial charge >= 0.3 is 0 Å². The molecule has 1 heterocycles. The highest BCUT2D eigenvalue weighted by molar-refractivity contribution is 5.32. The Bertz CT molecular complexity index is 352. The van der Waals surface area contributed by atoms with Crippen LogP contribution in [0.2, 0.25) is 0 Å². The van der Waals surface area contributed by atoms with Gasteiger partial charge in [0.1, 0.15) is 0 Å². The Hall–Kier alpha value is -0.820. The fraction of sp³-hybridized carbons (Fsp3) is 0.571. The van der Waals surface area contributed by atoms with E-state index in [9.17, 15) is 0 Å². The fourth-order valence-electron chi connectivity index (χ4n) is 2.26. The first-order chi connectivity index (χ1) is 7.07. The zero-order valence-electron chi connectivity index (χ0n) is 10.1. The standard InChI is InChI=1S/C14H21N/c1-11-4-5-13-9-15-10-14(2,3)7-6-12(13)8-11/h4-5,8,15H,6-7,9-10H2,1-3H3. The third kappa shape index (κ3) is 2.60. The van der Waals surface area contributed by atoms with Gasteiger partial charge in [-0.05, 0) is 36.3 Å². The molecule has 0 radical (unpaired) electrons. The molecular weight excluding hydrogens is 182 g/mol. The Morgan fingerprint density at radius 1 is 1.20 bits per heavy atom. The molecule has 1 heteroatoms. The van der Waals surface area contributed by atoms with Gasteiger partial charge in [0.25, 0.3) is 0 Å². The van der Waals surface area contributed by atoms with E-state index in [1.165, 1.54) is 29.5 Å². The Kier molecular flexibility index (Phi) is 2.83. The second-order valence-corrected chi connectivity index (χ2v) is 5.54. The molecule has 0 aromatic heterocycles. The van der Waals surface area contributed by atoms with Gasteiger partial charge < -0.3 is 5.32 Å². The lowest BCUT2D eigenvalue weighted by Gasteiger charge is -2.28. The van der Waals surface area contributed by atoms with Gasteiger partial charge in [-0.1, -0.05) is 37.6 Å². The van der Waals surface area contributed by atoms with Crippen molar-refractivity contribution in [2.45, 2.75) is 40.2 Å². The normalized spacial score (nSPS) is 20.2. The van der Waals surface area contributed by atoms with E-state index in [1.54, 1.807) is 0 Å². The minimum Gasteiger partial charge on any atom is -0.312 e. The first-order valence-corrected chi connectivity index (χ1v) is 5.86. The summed E-state index contributed by atoms with van der Waals surface area (Å²) in [5.41, 5.74) is 4.83. The molecule has 1 aromatic rings. The van der Waals surface area contributed by atoms with E-state index in [-0.39, 0.29) is 0 Å². The zero-order chi connectivity index (χ0) is 10.9. The zero-order valence-corrected chi connectivity index (χ0v) is 10.1. The molecule has 0 spiro atoms. The van der Waals surface area contributed by atoms with Crippen LogP contribution >= 0.6 is 0 Å². The minimum atomic E-state index is 0.432. The third-order valence-electron chi connectivity index (χ3n) is 3.35. The van der Waals surface area contributed by atoms with Crippen molar-refractivity contribution < 1.29 is 0 Å². The monoisotopic (exact) mass is 203 g/mol. The summed E-state index contributed by atoms with van der Waals surface area (Å²) in [5, 5.41) is 3.55. The summed E-state index contributed by atoms with van der Waals surface area (Å²) < 4.78 is 0. The maximum absolute atomic E-state index is 3.55. The average molecular weight is 203 g/mol. The topological polar surface area (TPSA) is 12.0 Å². The summed E-state index contributed by atoms with van der Waals surface area (Å²) in [4.78, 5) is 0. The van der Waals surface area contributed by atoms with Gasteiger partial charge in [-0.2, -0.15) is 0 Å². The van der Waals surface area contributed by atoms with E-state index in [2.05, 4.69) is 44.3 Å². The van der Waals surface area contributed by atoms with Crippen LogP contribution in [-0.2, 0) is 13.0 Å². The van der Waals surface area contributed by atoms with Crippen LogP contribution in [-0.4, -0.2) is 6.54 Å². The maximum atomic E-state index is 3.55. The molecule has 2 rings (SSSR count). The third-order valence-corrected chi connectivity index (χ3v) is 3.35. The van der Waals surface area contributed by atoms with E-state index in [4.69, 9.17) is 0 Å². The molecule has 82 valence electrons. The molecule has 1 N–H and O–H groups in total. The highest BCUT2D eigenvalue weighted by Gasteiger charge is 2.20. The lowest BCUT2D eigenvalue weighted by atomic mass is 9.83. The molecule has 0 fully saturated rings. The molecule has 1 nitrogen and oxygen atoms in total. The molecule has 0 atom stereocenters. The van der Waals surface area contributed by atoms with Crippen molar-refractivity contribution in [2.24, 2.45) is 5.41 Å². The average Bonchev–Trinajstić information content (AvgIpc) is 2.15. The number of benzene rings is 1. The lowest BCUT2D eigenvalue weighted by Crippen LogP contribution is -2.31. The minimum absolute atomic E-state index is 0.432. The van der Waals surface area contributed by atoms with Crippen molar-refractivity contribution in [3.05, 3.63) is 34.9 Å². The predicted molar refractivity (Wildman–Crippen MR) is 65.0 cm³/mol. The molecule has 1 aromatic carbocycles. The van der Waals surface area contributed by atoms with Gasteiger partial charge in [-0.3, -0.25) is 0 Å². The van der Waals surface area contributed by atoms with Crippen LogP contribution in [0.25, 0.3) is 0 Å². The van der Waals surface area contributed by atoms with E-state index < -0.39 is 0 Å². The van der Waals surface area contributed by atoms with Crippen molar-refractivity contribution in [1.29, 1.82) is 0 Å². The van der Waals surface area contributed by atoms with E-state index in [1.807, 2.05) is 0 Å². The molecule has 0 aliphatic carbocycles. The maximum Gasteiger partial charge on any atom is 0.0208 e. The quantitative estimate of drug-likeness (QED) is 0.683. The van der Waals surface area contributed by atoms with Crippen LogP contribution < -0.4 is 5.32 Å². The van der Waals surface area contributed by atoms with Crippen LogP contribution in [0.5, 0.6) is 0 Å². The number of aryl methyl sites for hydroxylation is 2. The summed E-state index contributed by atoms with van der Waals surface area (Å²) in [5.74, 6) is 0. The van der Waals surface area contributed by atoms with Gasteiger partial charge in [-0.15, -0.1) is 0 Å². The highest BCUT2D eigenvalue weighted by Crippen LogP contribution is 2.26. The number of rotatable bonds is 0. The Balaban J connectivity index is 2.25. The van der Waals surface area contributed by atoms with Crippen LogP contribution in [0.4, 0.5) is 0 Å². The van der Waals surface area contributed by atoms with Gasteiger partial charge in [-0.25, -0.2) is 0 Å². The summed E-state index contributed by atoms with van der Waals surface area (Å²) in [6, 6.07) is 6.83. The van der Waals surface area contributed by atoms with Gasteiger partial charge in [0.15, 0.2) is 0 Å². The number of fused-ring (bicyclic) bond motifs is 1. The van der Waals surface area contributed by atoms with Crippen molar-refractivity contribution in [3.8, 4) is 0 Å². The van der Waals surface area contributed by atoms with Crippen molar-refractivity contribution in [2.75, 3.05) is 6.54 Å². The summed E-state index contributed by atoms with van der Waals surface area (Å²) >= 11 is 0. The van der Waals surface area contributed by atoms with Crippen molar-refractivity contribution in [3.63, 3.8) is 0 Å². The highest BCUT2D eigenvalue weighted by atomic mass is 14.9. The van der Waals surface area contributed by atoms with Crippen LogP contribution in [0.3, 0.4) is 0 Å². The van der Waals surface area contributed by atoms with Gasteiger partial charge in [0.2, 0.25) is 0 Å². The SMILES string of the molecule is Cc1ccc2c(c1)CCC(C)(C)CNC2. The molecule has 1 aliphatic rings.